The summed E-state index contributed by atoms with van der Waals surface area (Å²) in [6.45, 7) is 2.16. The maximum absolute atomic E-state index is 13.8. The molecule has 2 heterocycles. The molecule has 1 fully saturated rings. The topological polar surface area (TPSA) is 50.8 Å². The summed E-state index contributed by atoms with van der Waals surface area (Å²) in [7, 11) is 0. The average Bonchev–Trinajstić information content (AvgIpc) is 3.30. The van der Waals surface area contributed by atoms with Crippen molar-refractivity contribution in [2.45, 2.75) is 38.3 Å². The fourth-order valence-corrected chi connectivity index (χ4v) is 4.15. The second-order valence-corrected chi connectivity index (χ2v) is 7.79. The molecule has 2 aromatic rings. The van der Waals surface area contributed by atoms with Crippen molar-refractivity contribution in [3.63, 3.8) is 0 Å². The fourth-order valence-electron chi connectivity index (χ4n) is 3.93. The van der Waals surface area contributed by atoms with E-state index in [9.17, 15) is 9.18 Å². The van der Waals surface area contributed by atoms with E-state index in [0.29, 0.717) is 48.0 Å². The van der Waals surface area contributed by atoms with Gasteiger partial charge < -0.3 is 19.7 Å². The van der Waals surface area contributed by atoms with Crippen molar-refractivity contribution in [3.8, 4) is 11.5 Å². The Hall–Kier alpha value is -2.31. The summed E-state index contributed by atoms with van der Waals surface area (Å²) in [5.74, 6) is 1.34. The Kier molecular flexibility index (Phi) is 6.21. The number of ether oxygens (including phenoxy) is 2. The number of fused-ring (bicyclic) bond motifs is 1. The minimum Gasteiger partial charge on any atom is -0.454 e. The highest BCUT2D eigenvalue weighted by Crippen LogP contribution is 2.36. The van der Waals surface area contributed by atoms with Crippen LogP contribution in [-0.2, 0) is 17.8 Å². The minimum absolute atomic E-state index is 0.158. The van der Waals surface area contributed by atoms with E-state index in [1.54, 1.807) is 18.2 Å². The Morgan fingerprint density at radius 1 is 1.17 bits per heavy atom. The van der Waals surface area contributed by atoms with Gasteiger partial charge in [0.1, 0.15) is 5.82 Å². The summed E-state index contributed by atoms with van der Waals surface area (Å²) in [6.07, 6.45) is 2.80. The zero-order valence-corrected chi connectivity index (χ0v) is 16.9. The maximum atomic E-state index is 13.8. The van der Waals surface area contributed by atoms with Crippen molar-refractivity contribution < 1.29 is 18.7 Å². The van der Waals surface area contributed by atoms with Gasteiger partial charge >= 0.3 is 0 Å². The first-order valence-electron chi connectivity index (χ1n) is 9.93. The van der Waals surface area contributed by atoms with E-state index in [0.717, 1.165) is 24.9 Å². The number of halogens is 2. The van der Waals surface area contributed by atoms with Gasteiger partial charge in [-0.2, -0.15) is 0 Å². The molecule has 154 valence electrons. The summed E-state index contributed by atoms with van der Waals surface area (Å²) in [5, 5.41) is 4.04. The molecule has 5 nitrogen and oxygen atoms in total. The van der Waals surface area contributed by atoms with Gasteiger partial charge in [0, 0.05) is 36.6 Å². The summed E-state index contributed by atoms with van der Waals surface area (Å²) < 4.78 is 24.6. The third-order valence-electron chi connectivity index (χ3n) is 5.54. The molecule has 0 saturated carbocycles. The van der Waals surface area contributed by atoms with Crippen molar-refractivity contribution in [1.82, 2.24) is 10.2 Å². The van der Waals surface area contributed by atoms with Gasteiger partial charge in [-0.25, -0.2) is 4.39 Å². The van der Waals surface area contributed by atoms with Crippen LogP contribution < -0.4 is 14.8 Å². The molecule has 2 aliphatic heterocycles. The summed E-state index contributed by atoms with van der Waals surface area (Å²) in [6, 6.07) is 10.6. The van der Waals surface area contributed by atoms with Crippen LogP contribution in [0.15, 0.2) is 36.4 Å². The smallest absolute Gasteiger partial charge is 0.231 e. The number of likely N-dealkylation sites (tertiary alicyclic amines) is 1. The molecule has 2 aromatic carbocycles. The molecule has 1 N–H and O–H groups in total. The molecular formula is C22H24ClFN2O3. The third kappa shape index (κ3) is 4.65. The average molecular weight is 419 g/mol. The van der Waals surface area contributed by atoms with E-state index >= 15 is 0 Å². The molecule has 1 unspecified atom stereocenters. The van der Waals surface area contributed by atoms with Gasteiger partial charge in [-0.1, -0.05) is 29.8 Å². The first-order valence-corrected chi connectivity index (χ1v) is 10.3. The first-order chi connectivity index (χ1) is 14.1. The highest BCUT2D eigenvalue weighted by molar-refractivity contribution is 6.31. The molecule has 0 aliphatic carbocycles. The van der Waals surface area contributed by atoms with Gasteiger partial charge in [-0.3, -0.25) is 4.79 Å². The van der Waals surface area contributed by atoms with Crippen molar-refractivity contribution in [1.29, 1.82) is 0 Å². The molecule has 1 atom stereocenters. The van der Waals surface area contributed by atoms with Gasteiger partial charge in [0.2, 0.25) is 12.7 Å². The normalized spacial score (nSPS) is 17.9. The standard InChI is InChI=1S/C22H24ClFN2O3/c23-18-12-21-20(28-14-29-21)11-16(18)13-25-9-7-17-5-6-22(27)26(17)10-8-15-3-1-2-4-19(15)24/h1-4,11-12,17,25H,5-10,13-14H2. The summed E-state index contributed by atoms with van der Waals surface area (Å²) in [5.41, 5.74) is 1.61. The van der Waals surface area contributed by atoms with Gasteiger partial charge in [0.15, 0.2) is 11.5 Å². The van der Waals surface area contributed by atoms with Gasteiger partial charge in [0.25, 0.3) is 0 Å². The predicted octanol–water partition coefficient (Wildman–Crippen LogP) is 3.92. The number of benzene rings is 2. The second kappa shape index (κ2) is 9.01. The van der Waals surface area contributed by atoms with E-state index in [1.165, 1.54) is 6.07 Å². The number of hydrogen-bond donors (Lipinski definition) is 1. The number of nitrogens with one attached hydrogen (secondary N) is 1. The van der Waals surface area contributed by atoms with E-state index in [2.05, 4.69) is 5.32 Å². The van der Waals surface area contributed by atoms with Crippen molar-refractivity contribution in [3.05, 3.63) is 58.4 Å². The fraction of sp³-hybridized carbons (Fsp3) is 0.409. The first kappa shape index (κ1) is 20.0. The zero-order valence-electron chi connectivity index (χ0n) is 16.1. The highest BCUT2D eigenvalue weighted by atomic mass is 35.5. The van der Waals surface area contributed by atoms with Crippen LogP contribution in [0.1, 0.15) is 30.4 Å². The minimum atomic E-state index is -0.210. The molecule has 0 radical (unpaired) electrons. The number of nitrogens with zero attached hydrogens (tertiary/aromatic N) is 1. The molecule has 29 heavy (non-hydrogen) atoms. The number of rotatable bonds is 8. The van der Waals surface area contributed by atoms with Gasteiger partial charge in [-0.15, -0.1) is 0 Å². The number of carbonyl (C=O) groups is 1. The van der Waals surface area contributed by atoms with Crippen molar-refractivity contribution in [2.24, 2.45) is 0 Å². The lowest BCUT2D eigenvalue weighted by atomic mass is 10.1. The lowest BCUT2D eigenvalue weighted by molar-refractivity contribution is -0.129. The number of amides is 1. The molecule has 0 aromatic heterocycles. The summed E-state index contributed by atoms with van der Waals surface area (Å²) in [4.78, 5) is 14.2. The molecule has 1 saturated heterocycles. The molecule has 7 heteroatoms. The predicted molar refractivity (Wildman–Crippen MR) is 109 cm³/mol. The Morgan fingerprint density at radius 2 is 1.97 bits per heavy atom. The van der Waals surface area contributed by atoms with Crippen LogP contribution in [0.3, 0.4) is 0 Å². The molecule has 0 bridgehead atoms. The van der Waals surface area contributed by atoms with Crippen LogP contribution in [0.25, 0.3) is 0 Å². The van der Waals surface area contributed by atoms with Crippen LogP contribution in [0.2, 0.25) is 5.02 Å². The lowest BCUT2D eigenvalue weighted by Crippen LogP contribution is -2.36. The third-order valence-corrected chi connectivity index (χ3v) is 5.90. The highest BCUT2D eigenvalue weighted by Gasteiger charge is 2.30. The maximum Gasteiger partial charge on any atom is 0.231 e. The van der Waals surface area contributed by atoms with Crippen molar-refractivity contribution >= 4 is 17.5 Å². The molecule has 0 spiro atoms. The van der Waals surface area contributed by atoms with Crippen molar-refractivity contribution in [2.75, 3.05) is 19.9 Å². The lowest BCUT2D eigenvalue weighted by Gasteiger charge is -2.25. The second-order valence-electron chi connectivity index (χ2n) is 7.38. The van der Waals surface area contributed by atoms with Crippen LogP contribution in [0.5, 0.6) is 11.5 Å². The quantitative estimate of drug-likeness (QED) is 0.660. The largest absolute Gasteiger partial charge is 0.454 e. The monoisotopic (exact) mass is 418 g/mol. The molecule has 2 aliphatic rings. The van der Waals surface area contributed by atoms with Crippen LogP contribution in [0, 0.1) is 5.82 Å². The van der Waals surface area contributed by atoms with E-state index < -0.39 is 0 Å². The van der Waals surface area contributed by atoms with E-state index in [1.807, 2.05) is 17.0 Å². The van der Waals surface area contributed by atoms with E-state index in [4.69, 9.17) is 21.1 Å². The number of hydrogen-bond acceptors (Lipinski definition) is 4. The Labute approximate surface area is 174 Å². The molecule has 4 rings (SSSR count). The van der Waals surface area contributed by atoms with Gasteiger partial charge in [0.05, 0.1) is 0 Å². The van der Waals surface area contributed by atoms with Gasteiger partial charge in [-0.05, 0) is 49.1 Å². The molecule has 1 amide bonds. The van der Waals surface area contributed by atoms with Crippen LogP contribution in [0.4, 0.5) is 4.39 Å². The molecular weight excluding hydrogens is 395 g/mol. The summed E-state index contributed by atoms with van der Waals surface area (Å²) >= 11 is 6.31. The Bertz CT molecular complexity index is 892. The zero-order chi connectivity index (χ0) is 20.2. The Balaban J connectivity index is 1.26. The van der Waals surface area contributed by atoms with Crippen LogP contribution >= 0.6 is 11.6 Å². The Morgan fingerprint density at radius 3 is 2.79 bits per heavy atom. The number of carbonyl (C=O) groups excluding carboxylic acids is 1. The SMILES string of the molecule is O=C1CCC(CCNCc2cc3c(cc2Cl)OCO3)N1CCc1ccccc1F. The van der Waals surface area contributed by atoms with E-state index in [-0.39, 0.29) is 24.6 Å². The van der Waals surface area contributed by atoms with Crippen LogP contribution in [-0.4, -0.2) is 36.7 Å².